The quantitative estimate of drug-likeness (QED) is 0.396. The van der Waals surface area contributed by atoms with Crippen molar-refractivity contribution >= 4 is 22.9 Å². The molecule has 0 aliphatic rings. The second-order valence-electron chi connectivity index (χ2n) is 3.66. The van der Waals surface area contributed by atoms with Gasteiger partial charge in [-0.05, 0) is 12.5 Å². The van der Waals surface area contributed by atoms with Crippen molar-refractivity contribution in [3.8, 4) is 0 Å². The summed E-state index contributed by atoms with van der Waals surface area (Å²) >= 11 is 0. The Bertz CT molecular complexity index is 577. The van der Waals surface area contributed by atoms with Gasteiger partial charge in [0.05, 0.1) is 9.85 Å². The smallest absolute Gasteiger partial charge is 0.380 e. The number of nitrogens with two attached hydrogens (primary N) is 1. The van der Waals surface area contributed by atoms with E-state index in [-0.39, 0.29) is 5.56 Å². The van der Waals surface area contributed by atoms with Crippen molar-refractivity contribution in [2.24, 2.45) is 10.7 Å². The Balaban J connectivity index is 3.66. The maximum absolute atomic E-state index is 12.3. The predicted molar refractivity (Wildman–Crippen MR) is 61.8 cm³/mol. The molecule has 0 fully saturated rings. The molecule has 0 radical (unpaired) electrons. The number of nitrogens with zero attached hydrogens (tertiary/aromatic N) is 3. The van der Waals surface area contributed by atoms with E-state index in [2.05, 4.69) is 10.7 Å². The first-order chi connectivity index (χ1) is 9.04. The second-order valence-corrected chi connectivity index (χ2v) is 3.66. The van der Waals surface area contributed by atoms with E-state index < -0.39 is 38.9 Å². The van der Waals surface area contributed by atoms with E-state index in [0.29, 0.717) is 0 Å². The van der Waals surface area contributed by atoms with Crippen molar-refractivity contribution in [3.05, 3.63) is 37.9 Å². The molecule has 0 aromatic heterocycles. The first-order valence-corrected chi connectivity index (χ1v) is 4.89. The highest BCUT2D eigenvalue weighted by Gasteiger charge is 2.36. The summed E-state index contributed by atoms with van der Waals surface area (Å²) in [7, 11) is 0. The highest BCUT2D eigenvalue weighted by atomic mass is 19.4. The van der Waals surface area contributed by atoms with Crippen LogP contribution in [0.3, 0.4) is 0 Å². The Kier molecular flexibility index (Phi) is 3.92. The Morgan fingerprint density at radius 3 is 1.90 bits per heavy atom. The summed E-state index contributed by atoms with van der Waals surface area (Å²) in [6.07, 6.45) is -5.05. The number of nitro groups is 2. The van der Waals surface area contributed by atoms with Crippen LogP contribution in [0.5, 0.6) is 0 Å². The lowest BCUT2D eigenvalue weighted by atomic mass is 10.1. The number of hydrogen-bond acceptors (Lipinski definition) is 5. The number of rotatable bonds is 3. The third-order valence-corrected chi connectivity index (χ3v) is 2.13. The van der Waals surface area contributed by atoms with Crippen molar-refractivity contribution in [1.82, 2.24) is 0 Å². The number of alkyl halides is 3. The van der Waals surface area contributed by atoms with E-state index in [9.17, 15) is 33.4 Å². The van der Waals surface area contributed by atoms with Crippen LogP contribution in [-0.4, -0.2) is 21.9 Å². The van der Waals surface area contributed by atoms with E-state index in [1.807, 2.05) is 0 Å². The molecule has 1 aromatic carbocycles. The van der Waals surface area contributed by atoms with Gasteiger partial charge in [-0.15, -0.1) is 0 Å². The van der Waals surface area contributed by atoms with E-state index in [1.54, 1.807) is 0 Å². The van der Waals surface area contributed by atoms with Gasteiger partial charge in [-0.1, -0.05) is 0 Å². The van der Waals surface area contributed by atoms with Gasteiger partial charge >= 0.3 is 17.6 Å². The standard InChI is InChI=1S/C9H7F3N4O4/c1-4-2-5(15(17)18)7(6(3-4)16(19)20)14-8(13)9(10,11)12/h2-3H,1H3,(H2,13,14). The minimum atomic E-state index is -5.05. The molecule has 0 aliphatic carbocycles. The average Bonchev–Trinajstić information content (AvgIpc) is 2.28. The second kappa shape index (κ2) is 5.11. The summed E-state index contributed by atoms with van der Waals surface area (Å²) in [5.41, 5.74) is 1.88. The maximum Gasteiger partial charge on any atom is 0.448 e. The fraction of sp³-hybridized carbons (Fsp3) is 0.222. The molecule has 11 heteroatoms. The van der Waals surface area contributed by atoms with Crippen molar-refractivity contribution in [3.63, 3.8) is 0 Å². The maximum atomic E-state index is 12.3. The molecule has 0 aliphatic heterocycles. The highest BCUT2D eigenvalue weighted by Crippen LogP contribution is 2.38. The first-order valence-electron chi connectivity index (χ1n) is 4.89. The van der Waals surface area contributed by atoms with Crippen molar-refractivity contribution in [1.29, 1.82) is 0 Å². The molecule has 0 amide bonds. The van der Waals surface area contributed by atoms with Gasteiger partial charge in [0.15, 0.2) is 0 Å². The first kappa shape index (κ1) is 15.3. The molecule has 1 aromatic rings. The normalized spacial score (nSPS) is 12.3. The highest BCUT2D eigenvalue weighted by molar-refractivity contribution is 5.91. The van der Waals surface area contributed by atoms with Crippen LogP contribution in [0.4, 0.5) is 30.2 Å². The molecule has 0 saturated heterocycles. The minimum absolute atomic E-state index is 0.132. The third-order valence-electron chi connectivity index (χ3n) is 2.13. The van der Waals surface area contributed by atoms with Crippen LogP contribution in [-0.2, 0) is 0 Å². The van der Waals surface area contributed by atoms with Gasteiger partial charge in [0.25, 0.3) is 0 Å². The zero-order chi connectivity index (χ0) is 15.7. The zero-order valence-corrected chi connectivity index (χ0v) is 9.84. The van der Waals surface area contributed by atoms with E-state index in [1.165, 1.54) is 6.92 Å². The molecule has 20 heavy (non-hydrogen) atoms. The number of benzene rings is 1. The lowest BCUT2D eigenvalue weighted by Crippen LogP contribution is -2.31. The van der Waals surface area contributed by atoms with Crippen LogP contribution >= 0.6 is 0 Å². The monoisotopic (exact) mass is 292 g/mol. The summed E-state index contributed by atoms with van der Waals surface area (Å²) < 4.78 is 36.9. The topological polar surface area (TPSA) is 125 Å². The number of hydrogen-bond donors (Lipinski definition) is 1. The number of amidine groups is 1. The summed E-state index contributed by atoms with van der Waals surface area (Å²) in [5.74, 6) is -1.91. The van der Waals surface area contributed by atoms with Gasteiger partial charge in [-0.3, -0.25) is 20.2 Å². The van der Waals surface area contributed by atoms with Gasteiger partial charge in [-0.25, -0.2) is 4.99 Å². The number of nitro benzene ring substituents is 2. The van der Waals surface area contributed by atoms with Gasteiger partial charge in [0.1, 0.15) is 0 Å². The van der Waals surface area contributed by atoms with Crippen molar-refractivity contribution in [2.75, 3.05) is 0 Å². The lowest BCUT2D eigenvalue weighted by molar-refractivity contribution is -0.392. The van der Waals surface area contributed by atoms with Crippen LogP contribution in [0.15, 0.2) is 17.1 Å². The Hall–Kier alpha value is -2.72. The minimum Gasteiger partial charge on any atom is -0.380 e. The predicted octanol–water partition coefficient (Wildman–Crippen LogP) is 2.36. The zero-order valence-electron chi connectivity index (χ0n) is 9.84. The van der Waals surface area contributed by atoms with Crippen LogP contribution < -0.4 is 5.73 Å². The molecule has 0 bridgehead atoms. The summed E-state index contributed by atoms with van der Waals surface area (Å²) in [5, 5.41) is 21.5. The molecule has 0 atom stereocenters. The Morgan fingerprint density at radius 2 is 1.60 bits per heavy atom. The third kappa shape index (κ3) is 3.18. The van der Waals surface area contributed by atoms with E-state index >= 15 is 0 Å². The molecular formula is C9H7F3N4O4. The summed E-state index contributed by atoms with van der Waals surface area (Å²) in [6.45, 7) is 1.32. The molecule has 0 heterocycles. The molecule has 0 spiro atoms. The van der Waals surface area contributed by atoms with E-state index in [4.69, 9.17) is 0 Å². The van der Waals surface area contributed by atoms with E-state index in [0.717, 1.165) is 12.1 Å². The fourth-order valence-electron chi connectivity index (χ4n) is 1.32. The summed E-state index contributed by atoms with van der Waals surface area (Å²) in [6, 6.07) is 1.74. The van der Waals surface area contributed by atoms with Gasteiger partial charge in [0, 0.05) is 12.1 Å². The number of aliphatic imine (C=N–C) groups is 1. The van der Waals surface area contributed by atoms with Gasteiger partial charge in [-0.2, -0.15) is 13.2 Å². The molecule has 0 unspecified atom stereocenters. The van der Waals surface area contributed by atoms with Gasteiger partial charge < -0.3 is 5.73 Å². The van der Waals surface area contributed by atoms with Crippen molar-refractivity contribution < 1.29 is 23.0 Å². The average molecular weight is 292 g/mol. The largest absolute Gasteiger partial charge is 0.448 e. The van der Waals surface area contributed by atoms with Crippen LogP contribution in [0, 0.1) is 27.2 Å². The Labute approximate surface area is 109 Å². The van der Waals surface area contributed by atoms with Crippen LogP contribution in [0.25, 0.3) is 0 Å². The Morgan fingerprint density at radius 1 is 1.20 bits per heavy atom. The number of halogens is 3. The van der Waals surface area contributed by atoms with Crippen LogP contribution in [0.2, 0.25) is 0 Å². The summed E-state index contributed by atoms with van der Waals surface area (Å²) in [4.78, 5) is 22.2. The lowest BCUT2D eigenvalue weighted by Gasteiger charge is -2.06. The number of aryl methyl sites for hydroxylation is 1. The molecule has 2 N–H and O–H groups in total. The molecule has 1 rings (SSSR count). The fourth-order valence-corrected chi connectivity index (χ4v) is 1.32. The van der Waals surface area contributed by atoms with Crippen molar-refractivity contribution in [2.45, 2.75) is 13.1 Å². The molecular weight excluding hydrogens is 285 g/mol. The van der Waals surface area contributed by atoms with Crippen LogP contribution in [0.1, 0.15) is 5.56 Å². The van der Waals surface area contributed by atoms with Gasteiger partial charge in [0.2, 0.25) is 11.5 Å². The SMILES string of the molecule is Cc1cc([N+](=O)[O-])c(N=C(N)C(F)(F)F)c([N+](=O)[O-])c1. The molecule has 0 saturated carbocycles. The molecule has 108 valence electrons. The molecule has 8 nitrogen and oxygen atoms in total.